The first-order valence-corrected chi connectivity index (χ1v) is 7.43. The second-order valence-electron chi connectivity index (χ2n) is 5.01. The first-order valence-electron chi connectivity index (χ1n) is 7.43. The summed E-state index contributed by atoms with van der Waals surface area (Å²) in [5.41, 5.74) is 0.446. The molecule has 1 amide bonds. The number of hydrogen-bond donors (Lipinski definition) is 2. The van der Waals surface area contributed by atoms with Crippen LogP contribution >= 0.6 is 0 Å². The van der Waals surface area contributed by atoms with Gasteiger partial charge in [-0.05, 0) is 24.3 Å². The highest BCUT2D eigenvalue weighted by Crippen LogP contribution is 2.30. The highest BCUT2D eigenvalue weighted by atomic mass is 19.4. The number of nitrogens with one attached hydrogen (secondary N) is 2. The molecular formula is C17H17F3N2O4. The molecule has 0 saturated carbocycles. The molecule has 2 rings (SSSR count). The minimum atomic E-state index is -4.82. The van der Waals surface area contributed by atoms with E-state index in [2.05, 4.69) is 15.4 Å². The van der Waals surface area contributed by atoms with E-state index in [9.17, 15) is 18.0 Å². The van der Waals surface area contributed by atoms with Gasteiger partial charge in [0.05, 0.1) is 32.1 Å². The zero-order valence-electron chi connectivity index (χ0n) is 14.0. The normalized spacial score (nSPS) is 10.8. The molecule has 2 aromatic rings. The van der Waals surface area contributed by atoms with Gasteiger partial charge in [0.1, 0.15) is 11.5 Å². The topological polar surface area (TPSA) is 68.8 Å². The van der Waals surface area contributed by atoms with Gasteiger partial charge in [-0.25, -0.2) is 0 Å². The molecule has 0 unspecified atom stereocenters. The van der Waals surface area contributed by atoms with Gasteiger partial charge >= 0.3 is 6.36 Å². The van der Waals surface area contributed by atoms with Crippen LogP contribution in [-0.4, -0.2) is 33.0 Å². The van der Waals surface area contributed by atoms with Gasteiger partial charge in [0.15, 0.2) is 5.75 Å². The van der Waals surface area contributed by atoms with Crippen LogP contribution in [0, 0.1) is 0 Å². The molecule has 0 aromatic heterocycles. The number of benzene rings is 2. The third-order valence-corrected chi connectivity index (χ3v) is 3.23. The molecule has 0 spiro atoms. The van der Waals surface area contributed by atoms with Crippen molar-refractivity contribution in [2.24, 2.45) is 0 Å². The molecule has 2 aromatic carbocycles. The summed E-state index contributed by atoms with van der Waals surface area (Å²) in [5.74, 6) is 0.0415. The molecule has 0 fully saturated rings. The molecule has 140 valence electrons. The molecule has 2 N–H and O–H groups in total. The van der Waals surface area contributed by atoms with Crippen LogP contribution < -0.4 is 24.8 Å². The highest BCUT2D eigenvalue weighted by Gasteiger charge is 2.32. The molecule has 0 radical (unpaired) electrons. The molecule has 0 aliphatic carbocycles. The van der Waals surface area contributed by atoms with E-state index in [0.717, 1.165) is 6.07 Å². The average Bonchev–Trinajstić information content (AvgIpc) is 2.60. The Kier molecular flexibility index (Phi) is 6.16. The van der Waals surface area contributed by atoms with Gasteiger partial charge in [0, 0.05) is 6.07 Å². The van der Waals surface area contributed by atoms with Crippen molar-refractivity contribution < 1.29 is 32.2 Å². The predicted octanol–water partition coefficient (Wildman–Crippen LogP) is 3.65. The van der Waals surface area contributed by atoms with Crippen molar-refractivity contribution in [3.05, 3.63) is 42.5 Å². The Bertz CT molecular complexity index is 766. The third-order valence-electron chi connectivity index (χ3n) is 3.23. The Labute approximate surface area is 147 Å². The van der Waals surface area contributed by atoms with Gasteiger partial charge in [0.25, 0.3) is 0 Å². The predicted molar refractivity (Wildman–Crippen MR) is 89.8 cm³/mol. The summed E-state index contributed by atoms with van der Waals surface area (Å²) >= 11 is 0. The summed E-state index contributed by atoms with van der Waals surface area (Å²) in [6.45, 7) is -0.270. The second-order valence-corrected chi connectivity index (χ2v) is 5.01. The highest BCUT2D eigenvalue weighted by molar-refractivity contribution is 5.95. The number of alkyl halides is 3. The molecule has 0 bridgehead atoms. The second kappa shape index (κ2) is 8.32. The molecule has 0 atom stereocenters. The molecule has 0 saturated heterocycles. The fraction of sp³-hybridized carbons (Fsp3) is 0.235. The average molecular weight is 370 g/mol. The monoisotopic (exact) mass is 370 g/mol. The lowest BCUT2D eigenvalue weighted by Crippen LogP contribution is -2.23. The number of methoxy groups -OCH3 is 2. The molecule has 0 heterocycles. The Hall–Kier alpha value is -3.10. The Morgan fingerprint density at radius 3 is 2.38 bits per heavy atom. The van der Waals surface area contributed by atoms with E-state index in [0.29, 0.717) is 17.2 Å². The van der Waals surface area contributed by atoms with Crippen molar-refractivity contribution >= 4 is 17.3 Å². The van der Waals surface area contributed by atoms with Crippen LogP contribution in [0.5, 0.6) is 17.2 Å². The summed E-state index contributed by atoms with van der Waals surface area (Å²) in [5, 5.41) is 5.22. The Morgan fingerprint density at radius 2 is 1.73 bits per heavy atom. The van der Waals surface area contributed by atoms with Crippen LogP contribution in [0.15, 0.2) is 42.5 Å². The van der Waals surface area contributed by atoms with Gasteiger partial charge in [-0.15, -0.1) is 13.2 Å². The molecule has 26 heavy (non-hydrogen) atoms. The number of ether oxygens (including phenoxy) is 3. The Balaban J connectivity index is 2.02. The summed E-state index contributed by atoms with van der Waals surface area (Å²) in [4.78, 5) is 12.1. The summed E-state index contributed by atoms with van der Waals surface area (Å²) in [6.07, 6.45) is -4.82. The van der Waals surface area contributed by atoms with Crippen molar-refractivity contribution in [2.75, 3.05) is 31.4 Å². The van der Waals surface area contributed by atoms with Crippen LogP contribution in [0.1, 0.15) is 0 Å². The van der Waals surface area contributed by atoms with E-state index in [1.807, 2.05) is 0 Å². The largest absolute Gasteiger partial charge is 0.573 e. The summed E-state index contributed by atoms with van der Waals surface area (Å²) in [7, 11) is 2.94. The van der Waals surface area contributed by atoms with Crippen LogP contribution in [-0.2, 0) is 4.79 Å². The standard InChI is InChI=1S/C17H17F3N2O4/c1-24-11-7-8-13(15(9-11)25-2)22-16(23)10-21-12-5-3-4-6-14(12)26-17(18,19)20/h3-9,21H,10H2,1-2H3,(H,22,23). The fourth-order valence-electron chi connectivity index (χ4n) is 2.10. The molecule has 6 nitrogen and oxygen atoms in total. The smallest absolute Gasteiger partial charge is 0.497 e. The van der Waals surface area contributed by atoms with Gasteiger partial charge < -0.3 is 24.8 Å². The van der Waals surface area contributed by atoms with Crippen LogP contribution in [0.25, 0.3) is 0 Å². The minimum Gasteiger partial charge on any atom is -0.497 e. The van der Waals surface area contributed by atoms with E-state index in [4.69, 9.17) is 9.47 Å². The maximum atomic E-state index is 12.4. The number of hydrogen-bond acceptors (Lipinski definition) is 5. The van der Waals surface area contributed by atoms with E-state index in [-0.39, 0.29) is 12.2 Å². The quantitative estimate of drug-likeness (QED) is 0.779. The van der Waals surface area contributed by atoms with Crippen molar-refractivity contribution in [3.63, 3.8) is 0 Å². The fourth-order valence-corrected chi connectivity index (χ4v) is 2.10. The van der Waals surface area contributed by atoms with Crippen LogP contribution in [0.2, 0.25) is 0 Å². The van der Waals surface area contributed by atoms with E-state index in [1.54, 1.807) is 18.2 Å². The summed E-state index contributed by atoms with van der Waals surface area (Å²) in [6, 6.07) is 10.3. The number of anilines is 2. The zero-order chi connectivity index (χ0) is 19.2. The lowest BCUT2D eigenvalue weighted by molar-refractivity contribution is -0.274. The van der Waals surface area contributed by atoms with Crippen molar-refractivity contribution in [2.45, 2.75) is 6.36 Å². The maximum Gasteiger partial charge on any atom is 0.573 e. The van der Waals surface area contributed by atoms with Crippen LogP contribution in [0.3, 0.4) is 0 Å². The number of rotatable bonds is 7. The van der Waals surface area contributed by atoms with Crippen molar-refractivity contribution in [1.29, 1.82) is 0 Å². The lowest BCUT2D eigenvalue weighted by atomic mass is 10.2. The van der Waals surface area contributed by atoms with E-state index < -0.39 is 18.0 Å². The molecule has 0 aliphatic heterocycles. The van der Waals surface area contributed by atoms with Gasteiger partial charge in [-0.1, -0.05) is 12.1 Å². The van der Waals surface area contributed by atoms with Crippen LogP contribution in [0.4, 0.5) is 24.5 Å². The minimum absolute atomic E-state index is 0.0432. The van der Waals surface area contributed by atoms with Gasteiger partial charge in [-0.3, -0.25) is 4.79 Å². The van der Waals surface area contributed by atoms with E-state index >= 15 is 0 Å². The number of para-hydroxylation sites is 2. The number of halogens is 3. The molecule has 0 aliphatic rings. The zero-order valence-corrected chi connectivity index (χ0v) is 14.0. The van der Waals surface area contributed by atoms with Gasteiger partial charge in [0.2, 0.25) is 5.91 Å². The number of carbonyl (C=O) groups excluding carboxylic acids is 1. The van der Waals surface area contributed by atoms with Crippen molar-refractivity contribution in [3.8, 4) is 17.2 Å². The molecular weight excluding hydrogens is 353 g/mol. The van der Waals surface area contributed by atoms with Gasteiger partial charge in [-0.2, -0.15) is 0 Å². The number of amides is 1. The first kappa shape index (κ1) is 19.2. The SMILES string of the molecule is COc1ccc(NC(=O)CNc2ccccc2OC(F)(F)F)c(OC)c1. The summed E-state index contributed by atoms with van der Waals surface area (Å²) < 4.78 is 51.3. The third kappa shape index (κ3) is 5.47. The Morgan fingerprint density at radius 1 is 1.00 bits per heavy atom. The number of carbonyl (C=O) groups is 1. The van der Waals surface area contributed by atoms with E-state index in [1.165, 1.54) is 32.4 Å². The first-order chi connectivity index (χ1) is 12.3. The molecule has 9 heteroatoms. The maximum absolute atomic E-state index is 12.4. The lowest BCUT2D eigenvalue weighted by Gasteiger charge is -2.15. The van der Waals surface area contributed by atoms with Crippen molar-refractivity contribution in [1.82, 2.24) is 0 Å².